The number of fused-ring (bicyclic) bond motifs is 1. The normalized spacial score (nSPS) is 20.5. The van der Waals surface area contributed by atoms with E-state index in [1.807, 2.05) is 0 Å². The van der Waals surface area contributed by atoms with E-state index in [-0.39, 0.29) is 22.4 Å². The summed E-state index contributed by atoms with van der Waals surface area (Å²) < 4.78 is 25.2. The van der Waals surface area contributed by atoms with Gasteiger partial charge in [-0.15, -0.1) is 0 Å². The highest BCUT2D eigenvalue weighted by atomic mass is 16.7. The first-order valence-corrected chi connectivity index (χ1v) is 14.5. The van der Waals surface area contributed by atoms with Crippen LogP contribution in [-0.4, -0.2) is 36.6 Å². The van der Waals surface area contributed by atoms with Crippen LogP contribution in [-0.2, 0) is 18.6 Å². The van der Waals surface area contributed by atoms with Crippen molar-refractivity contribution in [1.82, 2.24) is 0 Å². The fraction of sp³-hybridized carbons (Fsp3) is 0.353. The lowest BCUT2D eigenvalue weighted by atomic mass is 9.79. The molecule has 2 fully saturated rings. The van der Waals surface area contributed by atoms with Crippen molar-refractivity contribution in [3.63, 3.8) is 0 Å². The smallest absolute Gasteiger partial charge is 0.399 e. The fourth-order valence-electron chi connectivity index (χ4n) is 5.35. The van der Waals surface area contributed by atoms with Crippen LogP contribution >= 0.6 is 0 Å². The molecule has 2 saturated heterocycles. The molecular weight excluding hydrogens is 508 g/mol. The first-order valence-electron chi connectivity index (χ1n) is 14.5. The third-order valence-electron chi connectivity index (χ3n) is 9.36. The number of nitrogens with zero attached hydrogens (tertiary/aromatic N) is 1. The Morgan fingerprint density at radius 3 is 1.29 bits per heavy atom. The Balaban J connectivity index is 1.38. The zero-order valence-corrected chi connectivity index (χ0v) is 25.4. The molecule has 6 rings (SSSR count). The van der Waals surface area contributed by atoms with Gasteiger partial charge in [0.25, 0.3) is 0 Å². The van der Waals surface area contributed by atoms with Crippen molar-refractivity contribution in [2.24, 2.45) is 0 Å². The lowest BCUT2D eigenvalue weighted by molar-refractivity contribution is 0.00578. The molecule has 0 bridgehead atoms. The fourth-order valence-corrected chi connectivity index (χ4v) is 5.35. The maximum absolute atomic E-state index is 6.31. The molecule has 2 heterocycles. The van der Waals surface area contributed by atoms with E-state index in [1.165, 1.54) is 10.8 Å². The molecule has 0 aliphatic carbocycles. The monoisotopic (exact) mass is 547 g/mol. The van der Waals surface area contributed by atoms with Crippen LogP contribution in [0.15, 0.2) is 91.0 Å². The standard InChI is InChI=1S/C34H39B2NO4/c1-31(2)32(3,4)39-35(38-31)25-16-20-27(21-17-25)37(30-15-11-13-24-12-9-10-14-29(24)30)28-22-18-26(19-23-28)36-40-33(5,6)34(7,8)41-36/h9-23H,1-8H3. The topological polar surface area (TPSA) is 40.2 Å². The highest BCUT2D eigenvalue weighted by Gasteiger charge is 2.52. The molecule has 41 heavy (non-hydrogen) atoms. The molecule has 7 heteroatoms. The lowest BCUT2D eigenvalue weighted by Crippen LogP contribution is -2.41. The van der Waals surface area contributed by atoms with E-state index >= 15 is 0 Å². The minimum absolute atomic E-state index is 0.385. The second-order valence-electron chi connectivity index (χ2n) is 13.2. The third kappa shape index (κ3) is 4.89. The molecular formula is C34H39B2NO4. The van der Waals surface area contributed by atoms with Gasteiger partial charge in [-0.3, -0.25) is 0 Å². The van der Waals surface area contributed by atoms with Crippen molar-refractivity contribution in [3.05, 3.63) is 91.0 Å². The van der Waals surface area contributed by atoms with E-state index in [1.54, 1.807) is 0 Å². The third-order valence-corrected chi connectivity index (χ3v) is 9.36. The van der Waals surface area contributed by atoms with Gasteiger partial charge < -0.3 is 23.5 Å². The van der Waals surface area contributed by atoms with Crippen LogP contribution in [0.2, 0.25) is 0 Å². The van der Waals surface area contributed by atoms with Gasteiger partial charge in [-0.2, -0.15) is 0 Å². The Bertz CT molecular complexity index is 1450. The van der Waals surface area contributed by atoms with Crippen LogP contribution in [0.4, 0.5) is 17.1 Å². The number of hydrogen-bond donors (Lipinski definition) is 0. The molecule has 5 nitrogen and oxygen atoms in total. The highest BCUT2D eigenvalue weighted by Crippen LogP contribution is 2.40. The van der Waals surface area contributed by atoms with E-state index in [4.69, 9.17) is 18.6 Å². The quantitative estimate of drug-likeness (QED) is 0.254. The van der Waals surface area contributed by atoms with Crippen LogP contribution in [0.3, 0.4) is 0 Å². The van der Waals surface area contributed by atoms with Crippen molar-refractivity contribution in [1.29, 1.82) is 0 Å². The predicted octanol–water partition coefficient (Wildman–Crippen LogP) is 6.91. The number of anilines is 3. The maximum Gasteiger partial charge on any atom is 0.494 e. The van der Waals surface area contributed by atoms with Crippen LogP contribution < -0.4 is 15.8 Å². The Morgan fingerprint density at radius 1 is 0.463 bits per heavy atom. The van der Waals surface area contributed by atoms with Gasteiger partial charge in [-0.1, -0.05) is 60.7 Å². The molecule has 0 spiro atoms. The van der Waals surface area contributed by atoms with E-state index in [9.17, 15) is 0 Å². The molecule has 2 aliphatic rings. The summed E-state index contributed by atoms with van der Waals surface area (Å²) in [5.41, 5.74) is 3.66. The lowest BCUT2D eigenvalue weighted by Gasteiger charge is -2.32. The molecule has 0 saturated carbocycles. The SMILES string of the molecule is CC1(C)OB(c2ccc(N(c3ccc(B4OC(C)(C)C(C)(C)O4)cc3)c3cccc4ccccc34)cc2)OC1(C)C. The van der Waals surface area contributed by atoms with Gasteiger partial charge in [0.15, 0.2) is 0 Å². The molecule has 210 valence electrons. The summed E-state index contributed by atoms with van der Waals surface area (Å²) in [5.74, 6) is 0. The molecule has 4 aromatic carbocycles. The first-order chi connectivity index (χ1) is 19.3. The summed E-state index contributed by atoms with van der Waals surface area (Å²) in [7, 11) is -0.807. The summed E-state index contributed by atoms with van der Waals surface area (Å²) in [4.78, 5) is 2.30. The van der Waals surface area contributed by atoms with Crippen LogP contribution in [0, 0.1) is 0 Å². The Hall–Kier alpha value is -3.09. The van der Waals surface area contributed by atoms with E-state index in [0.29, 0.717) is 0 Å². The Labute approximate surface area is 245 Å². The summed E-state index contributed by atoms with van der Waals surface area (Å²) in [5, 5.41) is 2.37. The van der Waals surface area contributed by atoms with E-state index in [2.05, 4.69) is 151 Å². The van der Waals surface area contributed by atoms with Crippen LogP contribution in [0.25, 0.3) is 10.8 Å². The summed E-state index contributed by atoms with van der Waals surface area (Å²) >= 11 is 0. The Kier molecular flexibility index (Phi) is 6.66. The van der Waals surface area contributed by atoms with Gasteiger partial charge in [0.05, 0.1) is 28.1 Å². The molecule has 0 atom stereocenters. The van der Waals surface area contributed by atoms with Crippen molar-refractivity contribution in [3.8, 4) is 0 Å². The zero-order valence-electron chi connectivity index (χ0n) is 25.4. The van der Waals surface area contributed by atoms with Crippen LogP contribution in [0.1, 0.15) is 55.4 Å². The van der Waals surface area contributed by atoms with Gasteiger partial charge in [0.1, 0.15) is 0 Å². The van der Waals surface area contributed by atoms with Gasteiger partial charge in [0, 0.05) is 16.8 Å². The zero-order chi connectivity index (χ0) is 29.2. The minimum Gasteiger partial charge on any atom is -0.399 e. The number of hydrogen-bond acceptors (Lipinski definition) is 5. The second kappa shape index (κ2) is 9.74. The molecule has 4 aromatic rings. The average molecular weight is 547 g/mol. The largest absolute Gasteiger partial charge is 0.494 e. The van der Waals surface area contributed by atoms with Crippen molar-refractivity contribution >= 4 is 53.0 Å². The minimum atomic E-state index is -0.403. The predicted molar refractivity (Wildman–Crippen MR) is 170 cm³/mol. The van der Waals surface area contributed by atoms with Crippen molar-refractivity contribution in [2.75, 3.05) is 4.90 Å². The summed E-state index contributed by atoms with van der Waals surface area (Å²) in [6, 6.07) is 31.9. The molecule has 0 N–H and O–H groups in total. The molecule has 0 unspecified atom stereocenters. The first kappa shape index (κ1) is 28.0. The molecule has 0 aromatic heterocycles. The average Bonchev–Trinajstić information content (AvgIpc) is 3.29. The van der Waals surface area contributed by atoms with Crippen LogP contribution in [0.5, 0.6) is 0 Å². The molecule has 2 aliphatic heterocycles. The number of benzene rings is 4. The van der Waals surface area contributed by atoms with Crippen molar-refractivity contribution in [2.45, 2.75) is 77.8 Å². The van der Waals surface area contributed by atoms with Gasteiger partial charge in [0.2, 0.25) is 0 Å². The van der Waals surface area contributed by atoms with Crippen molar-refractivity contribution < 1.29 is 18.6 Å². The van der Waals surface area contributed by atoms with Gasteiger partial charge >= 0.3 is 14.2 Å². The maximum atomic E-state index is 6.31. The second-order valence-corrected chi connectivity index (χ2v) is 13.2. The van der Waals surface area contributed by atoms with E-state index in [0.717, 1.165) is 28.0 Å². The highest BCUT2D eigenvalue weighted by molar-refractivity contribution is 6.62. The van der Waals surface area contributed by atoms with E-state index < -0.39 is 14.2 Å². The summed E-state index contributed by atoms with van der Waals surface area (Å²) in [6.45, 7) is 16.6. The molecule has 0 amide bonds. The Morgan fingerprint density at radius 2 is 0.854 bits per heavy atom. The number of rotatable bonds is 5. The van der Waals surface area contributed by atoms with Gasteiger partial charge in [-0.05, 0) is 102 Å². The summed E-state index contributed by atoms with van der Waals surface area (Å²) in [6.07, 6.45) is 0. The van der Waals surface area contributed by atoms with Gasteiger partial charge in [-0.25, -0.2) is 0 Å². The molecule has 0 radical (unpaired) electrons.